The zero-order valence-electron chi connectivity index (χ0n) is 15.0. The van der Waals surface area contributed by atoms with Gasteiger partial charge < -0.3 is 4.98 Å². The van der Waals surface area contributed by atoms with Crippen LogP contribution in [0.15, 0.2) is 66.6 Å². The Hall–Kier alpha value is -2.72. The molecule has 132 valence electrons. The van der Waals surface area contributed by atoms with E-state index in [-0.39, 0.29) is 6.04 Å². The molecule has 0 saturated carbocycles. The van der Waals surface area contributed by atoms with Gasteiger partial charge >= 0.3 is 0 Å². The van der Waals surface area contributed by atoms with Gasteiger partial charge in [0.25, 0.3) is 0 Å². The van der Waals surface area contributed by atoms with Crippen molar-refractivity contribution in [1.82, 2.24) is 24.7 Å². The molecule has 2 radical (unpaired) electrons. The Morgan fingerprint density at radius 1 is 1.33 bits per heavy atom. The van der Waals surface area contributed by atoms with E-state index in [1.807, 2.05) is 47.5 Å². The molecular formula is C20H19BN5P. The fourth-order valence-corrected chi connectivity index (χ4v) is 3.33. The topological polar surface area (TPSA) is 59.4 Å². The molecule has 4 rings (SSSR count). The van der Waals surface area contributed by atoms with Crippen LogP contribution in [0, 0.1) is 0 Å². The zero-order chi connectivity index (χ0) is 18.8. The summed E-state index contributed by atoms with van der Waals surface area (Å²) >= 11 is 0. The molecule has 2 atom stereocenters. The number of nitrogens with zero attached hydrogens (tertiary/aromatic N) is 4. The minimum atomic E-state index is 0.0568. The molecule has 1 N–H and O–H groups in total. The molecular weight excluding hydrogens is 352 g/mol. The third-order valence-electron chi connectivity index (χ3n) is 4.51. The average Bonchev–Trinajstić information content (AvgIpc) is 3.31. The molecule has 0 spiro atoms. The second-order valence-corrected chi connectivity index (χ2v) is 7.45. The molecule has 1 aromatic carbocycles. The SMILES string of the molecule is [B]c1cccc(C(C/C=C(/C)P)n2cc(-c3ncnc4[nH]ccc34)cn2)c1. The van der Waals surface area contributed by atoms with Gasteiger partial charge in [-0.15, -0.1) is 9.24 Å². The lowest BCUT2D eigenvalue weighted by Gasteiger charge is -2.17. The van der Waals surface area contributed by atoms with Gasteiger partial charge in [-0.25, -0.2) is 9.97 Å². The molecule has 2 unspecified atom stereocenters. The maximum atomic E-state index is 6.01. The molecule has 0 amide bonds. The van der Waals surface area contributed by atoms with E-state index in [1.165, 1.54) is 5.31 Å². The van der Waals surface area contributed by atoms with Gasteiger partial charge in [-0.3, -0.25) is 4.68 Å². The van der Waals surface area contributed by atoms with Gasteiger partial charge in [0.05, 0.1) is 17.9 Å². The van der Waals surface area contributed by atoms with Crippen LogP contribution >= 0.6 is 9.24 Å². The van der Waals surface area contributed by atoms with Crippen molar-refractivity contribution in [2.24, 2.45) is 0 Å². The first-order chi connectivity index (χ1) is 13.1. The smallest absolute Gasteiger partial charge is 0.141 e. The highest BCUT2D eigenvalue weighted by Gasteiger charge is 2.16. The highest BCUT2D eigenvalue weighted by molar-refractivity contribution is 7.22. The lowest BCUT2D eigenvalue weighted by atomic mass is 9.91. The quantitative estimate of drug-likeness (QED) is 0.432. The van der Waals surface area contributed by atoms with E-state index in [0.717, 1.165) is 39.7 Å². The lowest BCUT2D eigenvalue weighted by Crippen LogP contribution is -2.13. The van der Waals surface area contributed by atoms with Crippen molar-refractivity contribution in [3.63, 3.8) is 0 Å². The predicted octanol–water partition coefficient (Wildman–Crippen LogP) is 3.37. The van der Waals surface area contributed by atoms with Crippen LogP contribution in [0.3, 0.4) is 0 Å². The number of aromatic nitrogens is 5. The number of hydrogen-bond acceptors (Lipinski definition) is 3. The molecule has 0 aliphatic rings. The predicted molar refractivity (Wildman–Crippen MR) is 113 cm³/mol. The Labute approximate surface area is 161 Å². The Bertz CT molecular complexity index is 1110. The zero-order valence-corrected chi connectivity index (χ0v) is 16.2. The molecule has 0 aliphatic heterocycles. The summed E-state index contributed by atoms with van der Waals surface area (Å²) < 4.78 is 1.98. The van der Waals surface area contributed by atoms with E-state index in [1.54, 1.807) is 6.33 Å². The third kappa shape index (κ3) is 3.72. The molecule has 0 bridgehead atoms. The van der Waals surface area contributed by atoms with Gasteiger partial charge in [0.15, 0.2) is 0 Å². The second-order valence-electron chi connectivity index (χ2n) is 6.54. The van der Waals surface area contributed by atoms with Crippen molar-refractivity contribution in [2.45, 2.75) is 19.4 Å². The Balaban J connectivity index is 1.75. The Kier molecular flexibility index (Phi) is 4.91. The molecule has 0 saturated heterocycles. The van der Waals surface area contributed by atoms with Crippen molar-refractivity contribution in [3.8, 4) is 11.3 Å². The fraction of sp³-hybridized carbons (Fsp3) is 0.150. The minimum absolute atomic E-state index is 0.0568. The van der Waals surface area contributed by atoms with Crippen LogP contribution in [0.1, 0.15) is 24.9 Å². The summed E-state index contributed by atoms with van der Waals surface area (Å²) in [6, 6.07) is 10.0. The van der Waals surface area contributed by atoms with Crippen molar-refractivity contribution < 1.29 is 0 Å². The first-order valence-electron chi connectivity index (χ1n) is 8.72. The van der Waals surface area contributed by atoms with Crippen LogP contribution in [-0.2, 0) is 0 Å². The van der Waals surface area contributed by atoms with Gasteiger partial charge in [-0.05, 0) is 25.0 Å². The van der Waals surface area contributed by atoms with Crippen LogP contribution in [0.25, 0.3) is 22.3 Å². The molecule has 3 heterocycles. The van der Waals surface area contributed by atoms with Crippen LogP contribution in [-0.4, -0.2) is 32.6 Å². The summed E-state index contributed by atoms with van der Waals surface area (Å²) in [4.78, 5) is 11.8. The summed E-state index contributed by atoms with van der Waals surface area (Å²) in [6.45, 7) is 2.07. The molecule has 5 nitrogen and oxygen atoms in total. The maximum absolute atomic E-state index is 6.01. The average molecular weight is 371 g/mol. The van der Waals surface area contributed by atoms with Crippen LogP contribution in [0.2, 0.25) is 0 Å². The standard InChI is InChI=1S/C20H19BN5P/c1-13(27)5-6-18(14-3-2-4-16(21)9-14)26-11-15(10-25-26)19-17-7-8-22-20(17)24-12-23-19/h2-5,7-12,18H,6,27H2,1H3,(H,22,23,24)/b13-5-. The minimum Gasteiger partial charge on any atom is -0.346 e. The number of fused-ring (bicyclic) bond motifs is 1. The van der Waals surface area contributed by atoms with E-state index in [9.17, 15) is 0 Å². The van der Waals surface area contributed by atoms with Crippen LogP contribution in [0.5, 0.6) is 0 Å². The normalized spacial score (nSPS) is 13.2. The summed E-state index contributed by atoms with van der Waals surface area (Å²) in [7, 11) is 8.74. The molecule has 7 heteroatoms. The molecule has 0 fully saturated rings. The van der Waals surface area contributed by atoms with Crippen LogP contribution < -0.4 is 5.46 Å². The van der Waals surface area contributed by atoms with E-state index < -0.39 is 0 Å². The van der Waals surface area contributed by atoms with Gasteiger partial charge in [0.2, 0.25) is 0 Å². The first-order valence-corrected chi connectivity index (χ1v) is 9.30. The summed E-state index contributed by atoms with van der Waals surface area (Å²) in [6.07, 6.45) is 10.3. The lowest BCUT2D eigenvalue weighted by molar-refractivity contribution is 0.528. The maximum Gasteiger partial charge on any atom is 0.141 e. The summed E-state index contributed by atoms with van der Waals surface area (Å²) in [5, 5.41) is 6.82. The van der Waals surface area contributed by atoms with E-state index >= 15 is 0 Å². The Morgan fingerprint density at radius 2 is 2.22 bits per heavy atom. The van der Waals surface area contributed by atoms with Gasteiger partial charge in [-0.2, -0.15) is 5.10 Å². The monoisotopic (exact) mass is 371 g/mol. The molecule has 0 aliphatic carbocycles. The largest absolute Gasteiger partial charge is 0.346 e. The van der Waals surface area contributed by atoms with E-state index in [0.29, 0.717) is 0 Å². The first kappa shape index (κ1) is 17.7. The number of nitrogens with one attached hydrogen (secondary N) is 1. The number of allylic oxidation sites excluding steroid dienone is 2. The number of aromatic amines is 1. The number of H-pyrrole nitrogens is 1. The van der Waals surface area contributed by atoms with Gasteiger partial charge in [-0.1, -0.05) is 41.1 Å². The summed E-state index contributed by atoms with van der Waals surface area (Å²) in [5.41, 5.74) is 4.53. The van der Waals surface area contributed by atoms with Crippen molar-refractivity contribution in [1.29, 1.82) is 0 Å². The molecule has 3 aromatic heterocycles. The Morgan fingerprint density at radius 3 is 3.04 bits per heavy atom. The van der Waals surface area contributed by atoms with Crippen molar-refractivity contribution in [3.05, 3.63) is 72.2 Å². The number of benzene rings is 1. The number of rotatable bonds is 5. The molecule has 4 aromatic rings. The van der Waals surface area contributed by atoms with E-state index in [4.69, 9.17) is 7.85 Å². The van der Waals surface area contributed by atoms with Crippen LogP contribution in [0.4, 0.5) is 0 Å². The highest BCUT2D eigenvalue weighted by atomic mass is 31.0. The second kappa shape index (κ2) is 7.49. The third-order valence-corrected chi connectivity index (χ3v) is 4.74. The summed E-state index contributed by atoms with van der Waals surface area (Å²) in [5.74, 6) is 0. The fourth-order valence-electron chi connectivity index (χ4n) is 3.19. The van der Waals surface area contributed by atoms with Crippen molar-refractivity contribution >= 4 is 33.6 Å². The van der Waals surface area contributed by atoms with E-state index in [2.05, 4.69) is 48.4 Å². The highest BCUT2D eigenvalue weighted by Crippen LogP contribution is 2.28. The van der Waals surface area contributed by atoms with Gasteiger partial charge in [0.1, 0.15) is 19.8 Å². The number of hydrogen-bond donors (Lipinski definition) is 1. The van der Waals surface area contributed by atoms with Gasteiger partial charge in [0, 0.05) is 23.3 Å². The molecule has 27 heavy (non-hydrogen) atoms. The van der Waals surface area contributed by atoms with Crippen molar-refractivity contribution in [2.75, 3.05) is 0 Å².